The summed E-state index contributed by atoms with van der Waals surface area (Å²) in [5.41, 5.74) is 21.1. The largest absolute Gasteiger partial charge is 0.309 e. The highest BCUT2D eigenvalue weighted by atomic mass is 31.2. The fourth-order valence-electron chi connectivity index (χ4n) is 26.9. The summed E-state index contributed by atoms with van der Waals surface area (Å²) in [7, 11) is -13.6. The number of benzene rings is 24. The van der Waals surface area contributed by atoms with Gasteiger partial charge in [-0.05, 0) is 282 Å². The van der Waals surface area contributed by atoms with E-state index in [1.54, 1.807) is 0 Å². The van der Waals surface area contributed by atoms with Crippen LogP contribution >= 0.6 is 14.3 Å². The van der Waals surface area contributed by atoms with Crippen molar-refractivity contribution in [1.29, 1.82) is 0 Å². The summed E-state index contributed by atoms with van der Waals surface area (Å²) in [6, 6.07) is 187. The van der Waals surface area contributed by atoms with Crippen LogP contribution < -0.4 is 73.3 Å². The van der Waals surface area contributed by atoms with E-state index < -0.39 is 30.4 Å². The fourth-order valence-corrected chi connectivity index (χ4v) is 42.9. The molecule has 0 fully saturated rings. The van der Waals surface area contributed by atoms with Gasteiger partial charge in [0.2, 0.25) is 0 Å². The van der Waals surface area contributed by atoms with E-state index >= 15 is 9.13 Å². The first-order valence-electron chi connectivity index (χ1n) is 50.9. The van der Waals surface area contributed by atoms with Crippen molar-refractivity contribution in [1.82, 2.24) is 9.13 Å². The summed E-state index contributed by atoms with van der Waals surface area (Å²) >= 11 is 0. The summed E-state index contributed by atoms with van der Waals surface area (Å²) in [4.78, 5) is 0. The average Bonchev–Trinajstić information content (AvgIpc) is 1.52. The maximum Gasteiger partial charge on any atom is 0.180 e. The molecule has 26 aromatic rings. The van der Waals surface area contributed by atoms with Crippen LogP contribution in [-0.4, -0.2) is 25.3 Å². The molecule has 4 aliphatic rings. The van der Waals surface area contributed by atoms with Crippen LogP contribution in [0, 0.1) is 0 Å². The molecular formula is C138H96N2O2P2Si2. The van der Waals surface area contributed by atoms with Gasteiger partial charge in [0.25, 0.3) is 0 Å². The van der Waals surface area contributed by atoms with Crippen LogP contribution in [0.15, 0.2) is 510 Å². The molecule has 146 heavy (non-hydrogen) atoms. The van der Waals surface area contributed by atoms with Gasteiger partial charge in [-0.1, -0.05) is 428 Å². The second-order valence-electron chi connectivity index (χ2n) is 41.3. The molecule has 0 spiro atoms. The number of aromatic nitrogens is 2. The van der Waals surface area contributed by atoms with E-state index in [1.807, 2.05) is 0 Å². The lowest BCUT2D eigenvalue weighted by Gasteiger charge is -2.32. The number of hydrogen-bond donors (Lipinski definition) is 0. The van der Waals surface area contributed by atoms with Gasteiger partial charge in [0, 0.05) is 75.6 Å². The van der Waals surface area contributed by atoms with Crippen LogP contribution in [-0.2, 0) is 20.0 Å². The molecule has 24 aromatic carbocycles. The molecule has 30 rings (SSSR count). The summed E-state index contributed by atoms with van der Waals surface area (Å²) in [5.74, 6) is 0. The SMILES string of the molecule is CC1(C)c2ccccc2-c2cc(P(=O)(c3ccc4c(c3)-c3ccccc3C4(C)C)c3ccc4c(c3)[Si](c3ccccc3)(c3ccccc3)c3cc5c6ccccc6c6ccccc6c5cc3-4)ccc21.O=P(c1ccc2c(c1)[Si](c1ccccc1)(c1ccccc1)c1cc3c4ccccc4c4ccccc4c3cc1-2)(c1ccc2c(c1)c1ccccc1n2-c1ccccc1)c1ccc2c(c1)c1ccccc1n2-c1ccccc1. The first kappa shape index (κ1) is 86.0. The molecule has 2 aromatic heterocycles. The average molecular weight is 1930 g/mol. The molecule has 0 unspecified atom stereocenters. The van der Waals surface area contributed by atoms with E-state index in [2.05, 4.69) is 546 Å². The molecule has 0 amide bonds. The Bertz CT molecular complexity index is 9800. The molecule has 8 heteroatoms. The third-order valence-corrected chi connectivity index (χ3v) is 49.2. The number of hydrogen-bond acceptors (Lipinski definition) is 2. The molecule has 0 saturated carbocycles. The van der Waals surface area contributed by atoms with Crippen molar-refractivity contribution in [2.75, 3.05) is 0 Å². The lowest BCUT2D eigenvalue weighted by Crippen LogP contribution is -2.73. The Morgan fingerprint density at radius 3 is 0.753 bits per heavy atom. The Morgan fingerprint density at radius 2 is 0.411 bits per heavy atom. The second kappa shape index (κ2) is 32.4. The molecule has 2 aliphatic carbocycles. The highest BCUT2D eigenvalue weighted by Gasteiger charge is 2.53. The molecule has 4 nitrogen and oxygen atoms in total. The van der Waals surface area contributed by atoms with E-state index in [9.17, 15) is 0 Å². The van der Waals surface area contributed by atoms with E-state index in [4.69, 9.17) is 0 Å². The number of rotatable bonds is 12. The van der Waals surface area contributed by atoms with Crippen LogP contribution in [0.1, 0.15) is 49.9 Å². The normalized spacial score (nSPS) is 14.2. The monoisotopic (exact) mass is 1930 g/mol. The van der Waals surface area contributed by atoms with Gasteiger partial charge in [0.05, 0.1) is 22.1 Å². The molecule has 0 N–H and O–H groups in total. The van der Waals surface area contributed by atoms with Gasteiger partial charge in [0.15, 0.2) is 30.4 Å². The van der Waals surface area contributed by atoms with Crippen LogP contribution in [0.25, 0.3) is 164 Å². The Labute approximate surface area is 849 Å². The Hall–Kier alpha value is -16.7. The fraction of sp³-hybridized carbons (Fsp3) is 0.0435. The van der Waals surface area contributed by atoms with E-state index in [0.29, 0.717) is 0 Å². The van der Waals surface area contributed by atoms with Crippen molar-refractivity contribution in [3.63, 3.8) is 0 Å². The minimum absolute atomic E-state index is 0.173. The summed E-state index contributed by atoms with van der Waals surface area (Å²) < 4.78 is 40.3. The zero-order valence-electron chi connectivity index (χ0n) is 81.1. The molecule has 0 radical (unpaired) electrons. The minimum Gasteiger partial charge on any atom is -0.309 e. The lowest BCUT2D eigenvalue weighted by molar-refractivity contribution is 0.591. The molecule has 688 valence electrons. The van der Waals surface area contributed by atoms with Crippen molar-refractivity contribution in [2.24, 2.45) is 0 Å². The van der Waals surface area contributed by atoms with Crippen molar-refractivity contribution >= 4 is 212 Å². The Morgan fingerprint density at radius 1 is 0.171 bits per heavy atom. The van der Waals surface area contributed by atoms with E-state index in [0.717, 1.165) is 86.8 Å². The topological polar surface area (TPSA) is 44.0 Å². The Balaban J connectivity index is 0.000000139. The third-order valence-electron chi connectivity index (χ3n) is 33.5. The molecule has 0 bridgehead atoms. The predicted octanol–water partition coefficient (Wildman–Crippen LogP) is 27.1. The molecule has 4 heterocycles. The number of para-hydroxylation sites is 4. The first-order valence-corrected chi connectivity index (χ1v) is 58.3. The summed E-state index contributed by atoms with van der Waals surface area (Å²) in [5, 5.41) is 35.1. The van der Waals surface area contributed by atoms with Crippen molar-refractivity contribution in [3.05, 3.63) is 532 Å². The molecule has 0 saturated heterocycles. The van der Waals surface area contributed by atoms with Gasteiger partial charge in [0.1, 0.15) is 0 Å². The van der Waals surface area contributed by atoms with Gasteiger partial charge in [-0.2, -0.15) is 0 Å². The second-order valence-corrected chi connectivity index (χ2v) is 54.3. The molecule has 2 aliphatic heterocycles. The quantitative estimate of drug-likeness (QED) is 0.0695. The van der Waals surface area contributed by atoms with Crippen molar-refractivity contribution in [2.45, 2.75) is 38.5 Å². The first-order chi connectivity index (χ1) is 71.7. The Kier molecular flexibility index (Phi) is 19.1. The highest BCUT2D eigenvalue weighted by Crippen LogP contribution is 2.56. The van der Waals surface area contributed by atoms with Gasteiger partial charge in [-0.25, -0.2) is 0 Å². The maximum absolute atomic E-state index is 18.0. The molecular weight excluding hydrogens is 1840 g/mol. The van der Waals surface area contributed by atoms with Crippen LogP contribution in [0.5, 0.6) is 0 Å². The van der Waals surface area contributed by atoms with Gasteiger partial charge in [-0.15, -0.1) is 0 Å². The van der Waals surface area contributed by atoms with Gasteiger partial charge < -0.3 is 18.3 Å². The highest BCUT2D eigenvalue weighted by molar-refractivity contribution is 7.86. The van der Waals surface area contributed by atoms with Gasteiger partial charge in [-0.3, -0.25) is 0 Å². The smallest absolute Gasteiger partial charge is 0.180 e. The van der Waals surface area contributed by atoms with E-state index in [-0.39, 0.29) is 10.8 Å². The third kappa shape index (κ3) is 12.1. The van der Waals surface area contributed by atoms with Crippen LogP contribution in [0.4, 0.5) is 0 Å². The number of nitrogens with zero attached hydrogens (tertiary/aromatic N) is 2. The van der Waals surface area contributed by atoms with E-state index in [1.165, 1.54) is 173 Å². The van der Waals surface area contributed by atoms with Crippen LogP contribution in [0.3, 0.4) is 0 Å². The minimum atomic E-state index is -3.74. The predicted molar refractivity (Wildman–Crippen MR) is 626 cm³/mol. The number of fused-ring (bicyclic) bond motifs is 30. The summed E-state index contributed by atoms with van der Waals surface area (Å²) in [6.45, 7) is 9.28. The van der Waals surface area contributed by atoms with Crippen molar-refractivity contribution < 1.29 is 9.13 Å². The van der Waals surface area contributed by atoms with Crippen molar-refractivity contribution in [3.8, 4) is 55.9 Å². The zero-order valence-corrected chi connectivity index (χ0v) is 84.9. The standard InChI is InChI=1S/C72H47N2OPSi.C66H49OPSi/c75-76(50-38-41-69-64(43-50)59-33-17-19-35-67(59)73(69)48-21-5-1-6-22-48,51-39-42-70-65(44-51)60-34-18-20-36-68(60)74(70)49-23-7-2-8-24-49)52-37-40-61-66-46-62-57-31-15-13-29-55(57)56-30-14-16-32-58(56)63(62)47-72(66)77(71(61)45-52,53-25-9-3-10-26-53)54-27-11-4-12-28-54;1-65(2)59-29-17-15-27-51(59)56-37-42(32-35-61(56)65)68(67,43-33-36-62-57(38-43)52-28-16-18-30-60(52)66(62,3)4)44-31-34-53-58-40-54-49-25-13-11-23-47(49)48-24-12-14-26-50(48)55(54)41-64(58)69(63(53)39-44,45-19-7-5-8-20-45)46-21-9-6-10-22-46/h1-47H;5-41H,1-4H3. The van der Waals surface area contributed by atoms with Gasteiger partial charge >= 0.3 is 0 Å². The summed E-state index contributed by atoms with van der Waals surface area (Å²) in [6.07, 6.45) is 0. The lowest BCUT2D eigenvalue weighted by atomic mass is 9.82. The molecule has 0 atom stereocenters. The maximum atomic E-state index is 18.0. The zero-order chi connectivity index (χ0) is 97.3. The van der Waals surface area contributed by atoms with Crippen LogP contribution in [0.2, 0.25) is 0 Å².